The Kier molecular flexibility index (Phi) is 47.1. The van der Waals surface area contributed by atoms with Crippen molar-refractivity contribution in [3.05, 3.63) is 122 Å². The molecule has 0 aliphatic carbocycles. The van der Waals surface area contributed by atoms with Crippen LogP contribution in [0, 0.1) is 0 Å². The van der Waals surface area contributed by atoms with Gasteiger partial charge in [0.25, 0.3) is 0 Å². The maximum atomic E-state index is 12.8. The van der Waals surface area contributed by atoms with Crippen LogP contribution in [0.1, 0.15) is 201 Å². The predicted molar refractivity (Wildman–Crippen MR) is 269 cm³/mol. The lowest BCUT2D eigenvalue weighted by Gasteiger charge is -2.18. The number of allylic oxidation sites excluding steroid dienone is 20. The molecule has 1 atom stereocenters. The Morgan fingerprint density at radius 1 is 0.333 bits per heavy atom. The molecule has 0 aliphatic heterocycles. The Hall–Kier alpha value is -4.19. The summed E-state index contributed by atoms with van der Waals surface area (Å²) in [5.41, 5.74) is 0. The highest BCUT2D eigenvalue weighted by atomic mass is 16.6. The van der Waals surface area contributed by atoms with E-state index < -0.39 is 6.10 Å². The normalized spacial score (nSPS) is 13.1. The number of unbranched alkanes of at least 4 members (excludes halogenated alkanes) is 12. The molecule has 0 aromatic carbocycles. The quantitative estimate of drug-likeness (QED) is 0.0263. The highest BCUT2D eigenvalue weighted by Gasteiger charge is 2.19. The predicted octanol–water partition coefficient (Wildman–Crippen LogP) is 16.5. The number of carbonyl (C=O) groups is 3. The van der Waals surface area contributed by atoms with Gasteiger partial charge in [0, 0.05) is 19.3 Å². The van der Waals surface area contributed by atoms with Crippen LogP contribution in [-0.2, 0) is 28.6 Å². The molecular weight excluding hydrogens is 781 g/mol. The van der Waals surface area contributed by atoms with Crippen molar-refractivity contribution in [2.75, 3.05) is 13.2 Å². The zero-order valence-electron chi connectivity index (χ0n) is 40.3. The van der Waals surface area contributed by atoms with Gasteiger partial charge in [-0.2, -0.15) is 0 Å². The molecule has 0 rings (SSSR count). The summed E-state index contributed by atoms with van der Waals surface area (Å²) < 4.78 is 16.7. The Bertz CT molecular complexity index is 1370. The van der Waals surface area contributed by atoms with Gasteiger partial charge in [0.1, 0.15) is 13.2 Å². The van der Waals surface area contributed by atoms with Gasteiger partial charge < -0.3 is 14.2 Å². The van der Waals surface area contributed by atoms with Crippen LogP contribution in [0.5, 0.6) is 0 Å². The first kappa shape index (κ1) is 58.8. The second kappa shape index (κ2) is 50.5. The highest BCUT2D eigenvalue weighted by Crippen LogP contribution is 2.13. The van der Waals surface area contributed by atoms with Gasteiger partial charge in [-0.25, -0.2) is 0 Å². The lowest BCUT2D eigenvalue weighted by Crippen LogP contribution is -2.30. The van der Waals surface area contributed by atoms with E-state index in [4.69, 9.17) is 14.2 Å². The third kappa shape index (κ3) is 48.7. The molecule has 0 fully saturated rings. The van der Waals surface area contributed by atoms with Gasteiger partial charge in [-0.3, -0.25) is 14.4 Å². The molecule has 0 aliphatic rings. The number of ether oxygens (including phenoxy) is 3. The zero-order chi connectivity index (χ0) is 45.8. The summed E-state index contributed by atoms with van der Waals surface area (Å²) in [4.78, 5) is 37.9. The van der Waals surface area contributed by atoms with Gasteiger partial charge in [-0.15, -0.1) is 0 Å². The van der Waals surface area contributed by atoms with Crippen LogP contribution in [0.25, 0.3) is 0 Å². The Balaban J connectivity index is 4.58. The van der Waals surface area contributed by atoms with Gasteiger partial charge in [-0.1, -0.05) is 206 Å². The second-order valence-corrected chi connectivity index (χ2v) is 16.0. The minimum atomic E-state index is -0.831. The van der Waals surface area contributed by atoms with E-state index in [1.807, 2.05) is 0 Å². The molecule has 0 unspecified atom stereocenters. The molecule has 0 aromatic heterocycles. The van der Waals surface area contributed by atoms with Crippen molar-refractivity contribution in [3.8, 4) is 0 Å². The summed E-state index contributed by atoms with van der Waals surface area (Å²) >= 11 is 0. The number of rotatable bonds is 43. The monoisotopic (exact) mass is 871 g/mol. The summed E-state index contributed by atoms with van der Waals surface area (Å²) in [6.45, 7) is 6.28. The molecule has 63 heavy (non-hydrogen) atoms. The highest BCUT2D eigenvalue weighted by molar-refractivity contribution is 5.71. The van der Waals surface area contributed by atoms with Crippen LogP contribution < -0.4 is 0 Å². The van der Waals surface area contributed by atoms with Crippen molar-refractivity contribution < 1.29 is 28.6 Å². The van der Waals surface area contributed by atoms with Crippen LogP contribution >= 0.6 is 0 Å². The molecule has 6 heteroatoms. The molecule has 0 N–H and O–H groups in total. The van der Waals surface area contributed by atoms with Crippen LogP contribution in [0.4, 0.5) is 0 Å². The van der Waals surface area contributed by atoms with Gasteiger partial charge in [0.2, 0.25) is 0 Å². The Morgan fingerprint density at radius 3 is 0.968 bits per heavy atom. The van der Waals surface area contributed by atoms with Crippen molar-refractivity contribution >= 4 is 17.9 Å². The van der Waals surface area contributed by atoms with Gasteiger partial charge in [-0.05, 0) is 96.3 Å². The van der Waals surface area contributed by atoms with Crippen LogP contribution in [0.3, 0.4) is 0 Å². The van der Waals surface area contributed by atoms with E-state index in [-0.39, 0.29) is 44.0 Å². The minimum absolute atomic E-state index is 0.120. The summed E-state index contributed by atoms with van der Waals surface area (Å²) in [5.74, 6) is -1.05. The first-order chi connectivity index (χ1) is 31.0. The van der Waals surface area contributed by atoms with Crippen molar-refractivity contribution in [1.82, 2.24) is 0 Å². The van der Waals surface area contributed by atoms with Gasteiger partial charge in [0.05, 0.1) is 0 Å². The molecule has 6 nitrogen and oxygen atoms in total. The molecule has 354 valence electrons. The van der Waals surface area contributed by atoms with Crippen LogP contribution in [0.15, 0.2) is 122 Å². The Labute approximate surface area is 386 Å². The van der Waals surface area contributed by atoms with Gasteiger partial charge in [0.15, 0.2) is 6.10 Å². The number of carbonyl (C=O) groups excluding carboxylic acids is 3. The fourth-order valence-electron chi connectivity index (χ4n) is 6.28. The largest absolute Gasteiger partial charge is 0.462 e. The lowest BCUT2D eigenvalue weighted by atomic mass is 10.1. The fraction of sp³-hybridized carbons (Fsp3) is 0.596. The molecular formula is C57H90O6. The number of hydrogen-bond acceptors (Lipinski definition) is 6. The fourth-order valence-corrected chi connectivity index (χ4v) is 6.28. The third-order valence-electron chi connectivity index (χ3n) is 9.96. The van der Waals surface area contributed by atoms with E-state index >= 15 is 0 Å². The van der Waals surface area contributed by atoms with E-state index in [0.29, 0.717) is 19.3 Å². The molecule has 0 spiro atoms. The summed E-state index contributed by atoms with van der Waals surface area (Å²) in [5, 5.41) is 0. The first-order valence-electron chi connectivity index (χ1n) is 25.0. The summed E-state index contributed by atoms with van der Waals surface area (Å²) in [7, 11) is 0. The van der Waals surface area contributed by atoms with Crippen molar-refractivity contribution in [3.63, 3.8) is 0 Å². The SMILES string of the molecule is CC/C=C\C/C=C\C/C=C\C/C=C\C/C=C\CCCC(=O)OC[C@@H](COC(=O)CCCCCCCCCCCCC)OC(=O)CCC/C=C\C/C=C\C/C=C\C/C=C\C/C=C\CC. The molecule has 0 saturated heterocycles. The summed E-state index contributed by atoms with van der Waals surface area (Å²) in [6, 6.07) is 0. The molecule has 0 bridgehead atoms. The van der Waals surface area contributed by atoms with Crippen molar-refractivity contribution in [1.29, 1.82) is 0 Å². The zero-order valence-corrected chi connectivity index (χ0v) is 40.3. The Morgan fingerprint density at radius 2 is 0.619 bits per heavy atom. The van der Waals surface area contributed by atoms with E-state index in [1.165, 1.54) is 51.4 Å². The molecule has 0 amide bonds. The molecule has 0 aromatic rings. The molecule has 0 heterocycles. The first-order valence-corrected chi connectivity index (χ1v) is 25.0. The van der Waals surface area contributed by atoms with E-state index in [0.717, 1.165) is 96.3 Å². The molecule has 0 saturated carbocycles. The smallest absolute Gasteiger partial charge is 0.306 e. The number of esters is 3. The summed E-state index contributed by atoms with van der Waals surface area (Å²) in [6.07, 6.45) is 69.1. The number of hydrogen-bond donors (Lipinski definition) is 0. The van der Waals surface area contributed by atoms with Crippen LogP contribution in [0.2, 0.25) is 0 Å². The minimum Gasteiger partial charge on any atom is -0.462 e. The van der Waals surface area contributed by atoms with E-state index in [1.54, 1.807) is 0 Å². The maximum Gasteiger partial charge on any atom is 0.306 e. The van der Waals surface area contributed by atoms with E-state index in [2.05, 4.69) is 142 Å². The van der Waals surface area contributed by atoms with Crippen molar-refractivity contribution in [2.45, 2.75) is 207 Å². The second-order valence-electron chi connectivity index (χ2n) is 16.0. The average Bonchev–Trinajstić information content (AvgIpc) is 3.28. The standard InChI is InChI=1S/C57H90O6/c1-4-7-10-13-16-19-22-24-26-28-30-32-35-38-41-44-47-50-56(59)62-53-54(52-61-55(58)49-46-43-40-37-34-21-18-15-12-9-6-3)63-57(60)51-48-45-42-39-36-33-31-29-27-25-23-20-17-14-11-8-5-2/h7-8,10-11,16-17,19-20,24-27,30-33,38-39,41-42,54H,4-6,9,12-15,18,21-23,28-29,34-37,40,43-53H2,1-3H3/b10-7-,11-8-,19-16-,20-17-,26-24-,27-25-,32-30-,33-31-,41-38-,42-39-/t54-/m1/s1. The van der Waals surface area contributed by atoms with Gasteiger partial charge >= 0.3 is 17.9 Å². The molecule has 0 radical (unpaired) electrons. The van der Waals surface area contributed by atoms with Crippen LogP contribution in [-0.4, -0.2) is 37.2 Å². The van der Waals surface area contributed by atoms with Crippen molar-refractivity contribution in [2.24, 2.45) is 0 Å². The van der Waals surface area contributed by atoms with E-state index in [9.17, 15) is 14.4 Å². The maximum absolute atomic E-state index is 12.8. The average molecular weight is 871 g/mol. The topological polar surface area (TPSA) is 78.9 Å². The lowest BCUT2D eigenvalue weighted by molar-refractivity contribution is -0.167. The third-order valence-corrected chi connectivity index (χ3v) is 9.96.